The molecule has 0 N–H and O–H groups in total. The van der Waals surface area contributed by atoms with E-state index in [1.165, 1.54) is 12.1 Å². The minimum atomic E-state index is -5.54. The molecule has 0 heterocycles. The third kappa shape index (κ3) is 5.95. The lowest BCUT2D eigenvalue weighted by atomic mass is 9.97. The lowest BCUT2D eigenvalue weighted by Gasteiger charge is -2.21. The van der Waals surface area contributed by atoms with Crippen LogP contribution in [0.5, 0.6) is 11.5 Å². The number of hydrogen-bond donors (Lipinski definition) is 0. The summed E-state index contributed by atoms with van der Waals surface area (Å²) in [6.07, 6.45) is -10.6. The standard InChI is InChI=1S/C26H10F12O2/c27-14-3-1-11(2-4-14)12-5-16(28)22(17(29)6-12)13-7-18(30)23(19(31)8-13)25(34,35)39-15-9-20(32)24(21(33)10-15)40-26(36,37)38/h1-10H. The van der Waals surface area contributed by atoms with Crippen molar-refractivity contribution in [1.29, 1.82) is 0 Å². The minimum absolute atomic E-state index is 0.0811. The van der Waals surface area contributed by atoms with E-state index in [-0.39, 0.29) is 35.4 Å². The average Bonchev–Trinajstić information content (AvgIpc) is 2.80. The Kier molecular flexibility index (Phi) is 7.39. The van der Waals surface area contributed by atoms with Gasteiger partial charge in [-0.15, -0.1) is 13.2 Å². The zero-order chi connectivity index (χ0) is 29.6. The molecule has 2 nitrogen and oxygen atoms in total. The average molecular weight is 582 g/mol. The molecule has 0 bridgehead atoms. The smallest absolute Gasteiger partial charge is 0.429 e. The number of benzene rings is 4. The summed E-state index contributed by atoms with van der Waals surface area (Å²) in [4.78, 5) is 0. The van der Waals surface area contributed by atoms with Crippen LogP contribution in [0.4, 0.5) is 52.7 Å². The van der Waals surface area contributed by atoms with Gasteiger partial charge in [-0.1, -0.05) is 12.1 Å². The fourth-order valence-electron chi connectivity index (χ4n) is 3.66. The molecule has 4 aromatic rings. The summed E-state index contributed by atoms with van der Waals surface area (Å²) in [5.74, 6) is -15.3. The van der Waals surface area contributed by atoms with Gasteiger partial charge >= 0.3 is 12.5 Å². The van der Waals surface area contributed by atoms with Gasteiger partial charge in [0.05, 0.1) is 5.56 Å². The number of alkyl halides is 5. The summed E-state index contributed by atoms with van der Waals surface area (Å²) in [6, 6.07) is 5.89. The maximum atomic E-state index is 14.8. The van der Waals surface area contributed by atoms with Gasteiger partial charge in [0.25, 0.3) is 0 Å². The normalized spacial score (nSPS) is 12.0. The molecule has 0 fully saturated rings. The van der Waals surface area contributed by atoms with Gasteiger partial charge < -0.3 is 9.47 Å². The van der Waals surface area contributed by atoms with E-state index in [9.17, 15) is 52.7 Å². The zero-order valence-corrected chi connectivity index (χ0v) is 19.1. The molecule has 14 heteroatoms. The molecule has 0 aromatic heterocycles. The van der Waals surface area contributed by atoms with Gasteiger partial charge in [-0.2, -0.15) is 8.78 Å². The number of rotatable bonds is 6. The predicted octanol–water partition coefficient (Wildman–Crippen LogP) is 9.02. The van der Waals surface area contributed by atoms with Crippen molar-refractivity contribution in [1.82, 2.24) is 0 Å². The fraction of sp³-hybridized carbons (Fsp3) is 0.0769. The number of hydrogen-bond acceptors (Lipinski definition) is 2. The van der Waals surface area contributed by atoms with Crippen molar-refractivity contribution < 1.29 is 62.2 Å². The first kappa shape index (κ1) is 28.6. The molecule has 0 aliphatic rings. The Labute approximate surface area is 216 Å². The van der Waals surface area contributed by atoms with Crippen LogP contribution < -0.4 is 9.47 Å². The molecule has 0 unspecified atom stereocenters. The second-order valence-electron chi connectivity index (χ2n) is 8.02. The first-order valence-corrected chi connectivity index (χ1v) is 10.6. The Morgan fingerprint density at radius 3 is 1.43 bits per heavy atom. The molecular weight excluding hydrogens is 572 g/mol. The SMILES string of the molecule is Fc1ccc(-c2cc(F)c(-c3cc(F)c(C(F)(F)Oc4cc(F)c(OC(F)(F)F)c(F)c4)c(F)c3)c(F)c2)cc1. The Bertz CT molecular complexity index is 1510. The van der Waals surface area contributed by atoms with Gasteiger partial charge in [-0.25, -0.2) is 30.7 Å². The molecule has 0 saturated carbocycles. The minimum Gasteiger partial charge on any atom is -0.429 e. The highest BCUT2D eigenvalue weighted by Crippen LogP contribution is 2.40. The largest absolute Gasteiger partial charge is 0.573 e. The van der Waals surface area contributed by atoms with E-state index in [0.717, 1.165) is 24.3 Å². The number of ether oxygens (including phenoxy) is 2. The van der Waals surface area contributed by atoms with Gasteiger partial charge in [0, 0.05) is 12.1 Å². The van der Waals surface area contributed by atoms with Crippen molar-refractivity contribution in [3.63, 3.8) is 0 Å². The molecule has 0 saturated heterocycles. The molecule has 4 rings (SSSR count). The van der Waals surface area contributed by atoms with Crippen LogP contribution in [0, 0.1) is 40.7 Å². The summed E-state index contributed by atoms with van der Waals surface area (Å²) in [6.45, 7) is 0. The third-order valence-electron chi connectivity index (χ3n) is 5.28. The highest BCUT2D eigenvalue weighted by Gasteiger charge is 2.42. The molecule has 0 radical (unpaired) electrons. The Balaban J connectivity index is 1.67. The predicted molar refractivity (Wildman–Crippen MR) is 115 cm³/mol. The molecule has 0 amide bonds. The third-order valence-corrected chi connectivity index (χ3v) is 5.28. The second-order valence-corrected chi connectivity index (χ2v) is 8.02. The highest BCUT2D eigenvalue weighted by molar-refractivity contribution is 5.72. The topological polar surface area (TPSA) is 18.5 Å². The lowest BCUT2D eigenvalue weighted by molar-refractivity contribution is -0.276. The summed E-state index contributed by atoms with van der Waals surface area (Å²) in [7, 11) is 0. The second kappa shape index (κ2) is 10.3. The Hall–Kier alpha value is -4.36. The van der Waals surface area contributed by atoms with E-state index in [2.05, 4.69) is 9.47 Å². The molecule has 40 heavy (non-hydrogen) atoms. The first-order chi connectivity index (χ1) is 18.6. The van der Waals surface area contributed by atoms with Crippen molar-refractivity contribution in [3.05, 3.63) is 107 Å². The van der Waals surface area contributed by atoms with Crippen molar-refractivity contribution in [2.45, 2.75) is 12.5 Å². The monoisotopic (exact) mass is 582 g/mol. The fourth-order valence-corrected chi connectivity index (χ4v) is 3.66. The molecule has 210 valence electrons. The van der Waals surface area contributed by atoms with Crippen LogP contribution >= 0.6 is 0 Å². The molecule has 0 aliphatic carbocycles. The number of halogens is 12. The molecule has 0 aliphatic heterocycles. The summed E-state index contributed by atoms with van der Waals surface area (Å²) >= 11 is 0. The van der Waals surface area contributed by atoms with Crippen molar-refractivity contribution in [2.24, 2.45) is 0 Å². The lowest BCUT2D eigenvalue weighted by Crippen LogP contribution is -2.25. The Morgan fingerprint density at radius 1 is 0.475 bits per heavy atom. The maximum absolute atomic E-state index is 14.8. The highest BCUT2D eigenvalue weighted by atomic mass is 19.4. The summed E-state index contributed by atoms with van der Waals surface area (Å²) < 4.78 is 173. The summed E-state index contributed by atoms with van der Waals surface area (Å²) in [5, 5.41) is 0. The van der Waals surface area contributed by atoms with Crippen LogP contribution in [0.2, 0.25) is 0 Å². The van der Waals surface area contributed by atoms with E-state index in [1.807, 2.05) is 0 Å². The van der Waals surface area contributed by atoms with Crippen molar-refractivity contribution in [3.8, 4) is 33.8 Å². The van der Waals surface area contributed by atoms with Gasteiger partial charge in [0.2, 0.25) is 5.75 Å². The van der Waals surface area contributed by atoms with Gasteiger partial charge in [0.15, 0.2) is 11.6 Å². The van der Waals surface area contributed by atoms with E-state index < -0.39 is 81.4 Å². The van der Waals surface area contributed by atoms with Crippen LogP contribution in [0.15, 0.2) is 60.7 Å². The molecular formula is C26H10F12O2. The Morgan fingerprint density at radius 2 is 0.950 bits per heavy atom. The van der Waals surface area contributed by atoms with Crippen LogP contribution in [0.1, 0.15) is 5.56 Å². The molecule has 0 spiro atoms. The van der Waals surface area contributed by atoms with Crippen LogP contribution in [-0.2, 0) is 6.11 Å². The van der Waals surface area contributed by atoms with Crippen LogP contribution in [0.25, 0.3) is 22.3 Å². The summed E-state index contributed by atoms with van der Waals surface area (Å²) in [5.41, 5.74) is -3.91. The van der Waals surface area contributed by atoms with E-state index in [1.54, 1.807) is 0 Å². The van der Waals surface area contributed by atoms with Crippen molar-refractivity contribution in [2.75, 3.05) is 0 Å². The van der Waals surface area contributed by atoms with Crippen molar-refractivity contribution >= 4 is 0 Å². The van der Waals surface area contributed by atoms with Gasteiger partial charge in [-0.05, 0) is 53.1 Å². The maximum Gasteiger partial charge on any atom is 0.573 e. The quantitative estimate of drug-likeness (QED) is 0.211. The van der Waals surface area contributed by atoms with E-state index >= 15 is 0 Å². The molecule has 0 atom stereocenters. The van der Waals surface area contributed by atoms with Gasteiger partial charge in [-0.3, -0.25) is 0 Å². The molecule has 4 aromatic carbocycles. The van der Waals surface area contributed by atoms with E-state index in [0.29, 0.717) is 0 Å². The van der Waals surface area contributed by atoms with E-state index in [4.69, 9.17) is 0 Å². The van der Waals surface area contributed by atoms with Gasteiger partial charge in [0.1, 0.15) is 40.4 Å². The van der Waals surface area contributed by atoms with Crippen LogP contribution in [0.3, 0.4) is 0 Å². The van der Waals surface area contributed by atoms with Crippen LogP contribution in [-0.4, -0.2) is 6.36 Å². The zero-order valence-electron chi connectivity index (χ0n) is 19.1. The first-order valence-electron chi connectivity index (χ1n) is 10.6.